The van der Waals surface area contributed by atoms with Crippen LogP contribution < -0.4 is 5.32 Å². The zero-order valence-corrected chi connectivity index (χ0v) is 22.8. The van der Waals surface area contributed by atoms with Crippen molar-refractivity contribution in [3.05, 3.63) is 57.8 Å². The first-order valence-corrected chi connectivity index (χ1v) is 14.1. The summed E-state index contributed by atoms with van der Waals surface area (Å²) in [5, 5.41) is 17.4. The fraction of sp³-hybridized carbons (Fsp3) is 0.586. The number of esters is 1. The summed E-state index contributed by atoms with van der Waals surface area (Å²) in [6.45, 7) is 10.9. The highest BCUT2D eigenvalue weighted by atomic mass is 32.1. The number of aliphatic hydroxyl groups excluding tert-OH is 1. The zero-order valence-electron chi connectivity index (χ0n) is 21.9. The number of hydrogen-bond donors (Lipinski definition) is 2. The highest BCUT2D eigenvalue weighted by Gasteiger charge is 2.95. The molecule has 0 spiro atoms. The first kappa shape index (κ1) is 24.9. The molecule has 3 fully saturated rings. The van der Waals surface area contributed by atoms with Crippen molar-refractivity contribution in [1.82, 2.24) is 5.32 Å². The number of amides is 1. The van der Waals surface area contributed by atoms with Gasteiger partial charge < -0.3 is 24.6 Å². The minimum Gasteiger partial charge on any atom is -0.460 e. The maximum Gasteiger partial charge on any atom is 0.407 e. The summed E-state index contributed by atoms with van der Waals surface area (Å²) in [5.41, 5.74) is 1.93. The fourth-order valence-corrected chi connectivity index (χ4v) is 9.05. The van der Waals surface area contributed by atoms with Crippen molar-refractivity contribution in [3.63, 3.8) is 0 Å². The van der Waals surface area contributed by atoms with Gasteiger partial charge in [0.15, 0.2) is 6.10 Å². The highest BCUT2D eigenvalue weighted by molar-refractivity contribution is 7.08. The SMILES string of the molecule is CCOC(=O)N[C@@H](c1ccsc1)[C@@H](O)C(=O)OC1CC2C(C)(C)C1(C)[C@@]13C[C@H](C)c4ccccc4[C@@]21O3. The molecule has 1 aromatic carbocycles. The van der Waals surface area contributed by atoms with E-state index in [0.29, 0.717) is 17.9 Å². The molecule has 7 nitrogen and oxygen atoms in total. The molecular formula is C29H35NO6S. The molecule has 0 radical (unpaired) electrons. The largest absolute Gasteiger partial charge is 0.460 e. The predicted octanol–water partition coefficient (Wildman–Crippen LogP) is 5.05. The van der Waals surface area contributed by atoms with E-state index < -0.39 is 41.3 Å². The Hall–Kier alpha value is -2.42. The second-order valence-electron chi connectivity index (χ2n) is 11.8. The van der Waals surface area contributed by atoms with Crippen LogP contribution in [0.2, 0.25) is 0 Å². The van der Waals surface area contributed by atoms with Crippen LogP contribution in [0, 0.1) is 16.7 Å². The standard InChI is InChI=1S/C29H35NO6S/c1-6-34-25(33)30-22(17-11-12-37-15-17)23(31)24(32)35-21-13-20-26(3,4)27(21,5)28-14-16(2)18-9-7-8-10-19(18)29(20,28)36-28/h7-12,15-16,20-23,31H,6,13-14H2,1-5H3,(H,30,33)/t16-,20?,21?,22-,23+,27?,28-,29+/m0/s1. The average molecular weight is 526 g/mol. The van der Waals surface area contributed by atoms with E-state index in [4.69, 9.17) is 14.2 Å². The Morgan fingerprint density at radius 2 is 2.00 bits per heavy atom. The summed E-state index contributed by atoms with van der Waals surface area (Å²) in [4.78, 5) is 25.6. The number of rotatable bonds is 6. The molecule has 8 heteroatoms. The number of thiophene rings is 1. The van der Waals surface area contributed by atoms with Crippen molar-refractivity contribution in [2.45, 2.75) is 82.8 Å². The molecule has 2 heterocycles. The molecule has 6 rings (SSSR count). The summed E-state index contributed by atoms with van der Waals surface area (Å²) in [5.74, 6) is -0.231. The molecule has 1 aromatic heterocycles. The van der Waals surface area contributed by atoms with E-state index in [1.165, 1.54) is 22.5 Å². The van der Waals surface area contributed by atoms with E-state index in [1.807, 2.05) is 5.38 Å². The minimum absolute atomic E-state index is 0.145. The number of ether oxygens (including phenoxy) is 3. The molecule has 198 valence electrons. The van der Waals surface area contributed by atoms with Gasteiger partial charge in [0.2, 0.25) is 0 Å². The first-order chi connectivity index (χ1) is 17.5. The summed E-state index contributed by atoms with van der Waals surface area (Å²) in [6.07, 6.45) is -1.13. The fourth-order valence-electron chi connectivity index (χ4n) is 8.35. The molecule has 1 amide bonds. The number of alkyl carbamates (subject to hydrolysis) is 1. The third-order valence-corrected chi connectivity index (χ3v) is 11.0. The van der Waals surface area contributed by atoms with Crippen LogP contribution in [0.1, 0.15) is 76.1 Å². The Balaban J connectivity index is 1.29. The van der Waals surface area contributed by atoms with E-state index >= 15 is 0 Å². The van der Waals surface area contributed by atoms with E-state index in [9.17, 15) is 14.7 Å². The molecule has 3 unspecified atom stereocenters. The number of aliphatic hydroxyl groups is 1. The predicted molar refractivity (Wildman–Crippen MR) is 138 cm³/mol. The third-order valence-electron chi connectivity index (χ3n) is 10.3. The molecule has 2 bridgehead atoms. The van der Waals surface area contributed by atoms with Gasteiger partial charge in [-0.3, -0.25) is 0 Å². The number of nitrogens with one attached hydrogen (secondary N) is 1. The summed E-state index contributed by atoms with van der Waals surface area (Å²) in [6, 6.07) is 9.43. The molecule has 3 aliphatic carbocycles. The first-order valence-electron chi connectivity index (χ1n) is 13.2. The van der Waals surface area contributed by atoms with Crippen LogP contribution in [-0.4, -0.2) is 41.6 Å². The molecule has 1 aliphatic heterocycles. The van der Waals surface area contributed by atoms with Gasteiger partial charge in [0.1, 0.15) is 17.3 Å². The van der Waals surface area contributed by atoms with E-state index in [-0.39, 0.29) is 23.5 Å². The van der Waals surface area contributed by atoms with Gasteiger partial charge in [0.05, 0.1) is 12.6 Å². The second kappa shape index (κ2) is 8.04. The Bertz CT molecular complexity index is 1240. The van der Waals surface area contributed by atoms with Crippen molar-refractivity contribution >= 4 is 23.4 Å². The molecular weight excluding hydrogens is 490 g/mol. The Labute approximate surface area is 221 Å². The van der Waals surface area contributed by atoms with Crippen LogP contribution in [0.5, 0.6) is 0 Å². The van der Waals surface area contributed by atoms with Gasteiger partial charge in [0, 0.05) is 11.3 Å². The molecule has 8 atom stereocenters. The number of fused-ring (bicyclic) bond motifs is 3. The molecule has 4 aliphatic rings. The van der Waals surface area contributed by atoms with E-state index in [1.54, 1.807) is 18.4 Å². The van der Waals surface area contributed by atoms with E-state index in [2.05, 4.69) is 57.3 Å². The van der Waals surface area contributed by atoms with Crippen LogP contribution in [0.25, 0.3) is 0 Å². The molecule has 1 saturated heterocycles. The molecule has 37 heavy (non-hydrogen) atoms. The number of benzene rings is 1. The quantitative estimate of drug-likeness (QED) is 0.405. The van der Waals surface area contributed by atoms with Gasteiger partial charge in [0.25, 0.3) is 0 Å². The lowest BCUT2D eigenvalue weighted by atomic mass is 9.58. The number of hydrogen-bond acceptors (Lipinski definition) is 7. The van der Waals surface area contributed by atoms with Gasteiger partial charge in [-0.1, -0.05) is 52.0 Å². The van der Waals surface area contributed by atoms with Crippen molar-refractivity contribution in [2.75, 3.05) is 6.61 Å². The number of carbonyl (C=O) groups excluding carboxylic acids is 2. The average Bonchev–Trinajstić information content (AvgIpc) is 3.13. The number of carbonyl (C=O) groups is 2. The Morgan fingerprint density at radius 3 is 2.70 bits per heavy atom. The lowest BCUT2D eigenvalue weighted by Gasteiger charge is -2.46. The second-order valence-corrected chi connectivity index (χ2v) is 12.6. The summed E-state index contributed by atoms with van der Waals surface area (Å²) < 4.78 is 18.0. The third kappa shape index (κ3) is 2.95. The van der Waals surface area contributed by atoms with Crippen molar-refractivity contribution < 1.29 is 28.9 Å². The number of epoxide rings is 1. The maximum absolute atomic E-state index is 13.4. The van der Waals surface area contributed by atoms with E-state index in [0.717, 1.165) is 6.42 Å². The Kier molecular flexibility index (Phi) is 5.41. The minimum atomic E-state index is -1.57. The summed E-state index contributed by atoms with van der Waals surface area (Å²) >= 11 is 1.42. The van der Waals surface area contributed by atoms with Crippen LogP contribution >= 0.6 is 11.3 Å². The highest BCUT2D eigenvalue weighted by Crippen LogP contribution is 2.89. The monoisotopic (exact) mass is 525 g/mol. The van der Waals surface area contributed by atoms with Gasteiger partial charge >= 0.3 is 12.1 Å². The summed E-state index contributed by atoms with van der Waals surface area (Å²) in [7, 11) is 0. The topological polar surface area (TPSA) is 97.4 Å². The van der Waals surface area contributed by atoms with Crippen LogP contribution in [0.3, 0.4) is 0 Å². The lowest BCUT2D eigenvalue weighted by Crippen LogP contribution is -2.53. The van der Waals surface area contributed by atoms with Gasteiger partial charge in [-0.25, -0.2) is 9.59 Å². The van der Waals surface area contributed by atoms with Crippen molar-refractivity contribution in [1.29, 1.82) is 0 Å². The van der Waals surface area contributed by atoms with Crippen molar-refractivity contribution in [2.24, 2.45) is 16.7 Å². The normalized spacial score (nSPS) is 37.5. The smallest absolute Gasteiger partial charge is 0.407 e. The molecule has 2 aromatic rings. The van der Waals surface area contributed by atoms with Crippen LogP contribution in [0.4, 0.5) is 4.79 Å². The van der Waals surface area contributed by atoms with Gasteiger partial charge in [-0.15, -0.1) is 0 Å². The zero-order chi connectivity index (χ0) is 26.4. The van der Waals surface area contributed by atoms with Gasteiger partial charge in [-0.05, 0) is 64.6 Å². The van der Waals surface area contributed by atoms with Crippen LogP contribution in [0.15, 0.2) is 41.1 Å². The van der Waals surface area contributed by atoms with Crippen molar-refractivity contribution in [3.8, 4) is 0 Å². The molecule has 2 saturated carbocycles. The maximum atomic E-state index is 13.4. The Morgan fingerprint density at radius 1 is 1.24 bits per heavy atom. The molecule has 2 N–H and O–H groups in total. The van der Waals surface area contributed by atoms with Crippen LogP contribution in [-0.2, 0) is 24.6 Å². The lowest BCUT2D eigenvalue weighted by molar-refractivity contribution is -0.173. The van der Waals surface area contributed by atoms with Gasteiger partial charge in [-0.2, -0.15) is 11.3 Å².